The zero-order valence-electron chi connectivity index (χ0n) is 10.2. The number of amides is 1. The lowest BCUT2D eigenvalue weighted by molar-refractivity contribution is -0.126. The lowest BCUT2D eigenvalue weighted by atomic mass is 9.81. The van der Waals surface area contributed by atoms with Crippen molar-refractivity contribution in [1.29, 1.82) is 0 Å². The molecule has 2 aliphatic heterocycles. The van der Waals surface area contributed by atoms with E-state index < -0.39 is 0 Å². The first-order valence-corrected chi connectivity index (χ1v) is 7.19. The maximum absolute atomic E-state index is 11.3. The smallest absolute Gasteiger partial charge is 0.223 e. The number of fused-ring (bicyclic) bond motifs is 1. The Hall–Kier alpha value is -0.220. The van der Waals surface area contributed by atoms with E-state index in [0.717, 1.165) is 24.1 Å². The summed E-state index contributed by atoms with van der Waals surface area (Å²) >= 11 is 2.11. The zero-order valence-corrected chi connectivity index (χ0v) is 11.0. The fourth-order valence-electron chi connectivity index (χ4n) is 2.74. The normalized spacial score (nSPS) is 34.8. The average Bonchev–Trinajstić information content (AvgIpc) is 2.63. The molecule has 1 amide bonds. The van der Waals surface area contributed by atoms with Crippen LogP contribution in [-0.4, -0.2) is 29.5 Å². The van der Waals surface area contributed by atoms with E-state index in [1.165, 1.54) is 18.6 Å². The van der Waals surface area contributed by atoms with E-state index in [2.05, 4.69) is 17.1 Å². The number of thioether (sulfide) groups is 1. The number of carbonyl (C=O) groups excluding carboxylic acids is 1. The Kier molecular flexibility index (Phi) is 3.50. The Balaban J connectivity index is 1.90. The molecule has 0 unspecified atom stereocenters. The minimum atomic E-state index is -0.381. The molecule has 0 aromatic heterocycles. The van der Waals surface area contributed by atoms with Crippen LogP contribution in [0, 0.1) is 11.3 Å². The van der Waals surface area contributed by atoms with Crippen LogP contribution >= 0.6 is 11.8 Å². The van der Waals surface area contributed by atoms with Gasteiger partial charge in [0.15, 0.2) is 0 Å². The molecular formula is C12H22N2OS. The maximum atomic E-state index is 11.3. The van der Waals surface area contributed by atoms with E-state index >= 15 is 0 Å². The fraction of sp³-hybridized carbons (Fsp3) is 0.917. The first kappa shape index (κ1) is 12.2. The summed E-state index contributed by atoms with van der Waals surface area (Å²) in [6, 6.07) is 0.467. The number of carbonyl (C=O) groups is 1. The molecule has 3 atom stereocenters. The predicted molar refractivity (Wildman–Crippen MR) is 68.4 cm³/mol. The fourth-order valence-corrected chi connectivity index (χ4v) is 4.36. The van der Waals surface area contributed by atoms with Crippen molar-refractivity contribution < 1.29 is 4.79 Å². The highest BCUT2D eigenvalue weighted by molar-refractivity contribution is 8.00. The largest absolute Gasteiger partial charge is 0.369 e. The van der Waals surface area contributed by atoms with Crippen LogP contribution < -0.4 is 11.1 Å². The summed E-state index contributed by atoms with van der Waals surface area (Å²) in [6.07, 6.45) is 3.42. The van der Waals surface area contributed by atoms with Crippen LogP contribution in [0.15, 0.2) is 0 Å². The number of hydrogen-bond acceptors (Lipinski definition) is 3. The number of nitrogens with one attached hydrogen (secondary N) is 1. The van der Waals surface area contributed by atoms with Crippen molar-refractivity contribution in [2.24, 2.45) is 17.1 Å². The van der Waals surface area contributed by atoms with E-state index in [1.54, 1.807) is 0 Å². The van der Waals surface area contributed by atoms with Crippen LogP contribution in [0.3, 0.4) is 0 Å². The Morgan fingerprint density at radius 2 is 2.31 bits per heavy atom. The summed E-state index contributed by atoms with van der Waals surface area (Å²) in [5.41, 5.74) is 5.04. The van der Waals surface area contributed by atoms with E-state index in [0.29, 0.717) is 6.04 Å². The van der Waals surface area contributed by atoms with Gasteiger partial charge in [-0.1, -0.05) is 13.8 Å². The molecule has 2 aliphatic rings. The van der Waals surface area contributed by atoms with Crippen molar-refractivity contribution in [3.05, 3.63) is 0 Å². The number of primary amides is 1. The minimum absolute atomic E-state index is 0.185. The van der Waals surface area contributed by atoms with Gasteiger partial charge in [0.1, 0.15) is 0 Å². The minimum Gasteiger partial charge on any atom is -0.369 e. The van der Waals surface area contributed by atoms with Crippen molar-refractivity contribution in [2.45, 2.75) is 44.4 Å². The molecule has 16 heavy (non-hydrogen) atoms. The Morgan fingerprint density at radius 3 is 3.00 bits per heavy atom. The molecule has 2 rings (SSSR count). The molecule has 2 heterocycles. The third-order valence-electron chi connectivity index (χ3n) is 3.96. The molecule has 0 aromatic carbocycles. The monoisotopic (exact) mass is 242 g/mol. The summed E-state index contributed by atoms with van der Waals surface area (Å²) < 4.78 is 0. The Labute approximate surface area is 102 Å². The molecule has 2 saturated heterocycles. The third kappa shape index (κ3) is 2.54. The van der Waals surface area contributed by atoms with E-state index in [4.69, 9.17) is 5.73 Å². The second-order valence-electron chi connectivity index (χ2n) is 5.75. The van der Waals surface area contributed by atoms with Crippen molar-refractivity contribution in [1.82, 2.24) is 5.32 Å². The number of nitrogens with two attached hydrogens (primary N) is 1. The van der Waals surface area contributed by atoms with Gasteiger partial charge in [-0.3, -0.25) is 4.79 Å². The molecule has 0 radical (unpaired) electrons. The van der Waals surface area contributed by atoms with Crippen molar-refractivity contribution >= 4 is 17.7 Å². The van der Waals surface area contributed by atoms with Crippen molar-refractivity contribution in [3.63, 3.8) is 0 Å². The number of hydrogen-bond donors (Lipinski definition) is 2. The topological polar surface area (TPSA) is 55.1 Å². The van der Waals surface area contributed by atoms with Crippen molar-refractivity contribution in [2.75, 3.05) is 12.3 Å². The van der Waals surface area contributed by atoms with Gasteiger partial charge in [0.2, 0.25) is 5.91 Å². The summed E-state index contributed by atoms with van der Waals surface area (Å²) in [5.74, 6) is 1.98. The first-order chi connectivity index (χ1) is 7.49. The van der Waals surface area contributed by atoms with Gasteiger partial charge in [-0.15, -0.1) is 0 Å². The van der Waals surface area contributed by atoms with Crippen molar-refractivity contribution in [3.8, 4) is 0 Å². The van der Waals surface area contributed by atoms with Crippen LogP contribution in [-0.2, 0) is 4.79 Å². The van der Waals surface area contributed by atoms with Crippen LogP contribution in [0.1, 0.15) is 33.1 Å². The molecule has 0 aromatic rings. The second-order valence-corrected chi connectivity index (χ2v) is 7.10. The van der Waals surface area contributed by atoms with Gasteiger partial charge >= 0.3 is 0 Å². The quantitative estimate of drug-likeness (QED) is 0.786. The molecule has 0 saturated carbocycles. The number of piperidine rings is 1. The summed E-state index contributed by atoms with van der Waals surface area (Å²) in [5, 5.41) is 4.40. The van der Waals surface area contributed by atoms with Gasteiger partial charge in [-0.2, -0.15) is 11.8 Å². The SMILES string of the molecule is CC(C)(C[C@H]1C[C@H]2SCC[C@H]2CN1)C(N)=O. The van der Waals surface area contributed by atoms with E-state index in [-0.39, 0.29) is 11.3 Å². The maximum Gasteiger partial charge on any atom is 0.223 e. The molecule has 92 valence electrons. The van der Waals surface area contributed by atoms with Gasteiger partial charge in [0.05, 0.1) is 0 Å². The lowest BCUT2D eigenvalue weighted by Crippen LogP contribution is -2.47. The standard InChI is InChI=1S/C12H22N2OS/c1-12(2,11(13)15)6-9-5-10-8(7-14-9)3-4-16-10/h8-10,14H,3-7H2,1-2H3,(H2,13,15)/t8-,9+,10+/m0/s1. The van der Waals surface area contributed by atoms with Gasteiger partial charge < -0.3 is 11.1 Å². The summed E-state index contributed by atoms with van der Waals surface area (Å²) in [7, 11) is 0. The number of rotatable bonds is 3. The van der Waals surface area contributed by atoms with Crippen LogP contribution in [0.5, 0.6) is 0 Å². The van der Waals surface area contributed by atoms with Gasteiger partial charge in [-0.25, -0.2) is 0 Å². The van der Waals surface area contributed by atoms with E-state index in [1.807, 2.05) is 13.8 Å². The highest BCUT2D eigenvalue weighted by Crippen LogP contribution is 2.39. The lowest BCUT2D eigenvalue weighted by Gasteiger charge is -2.35. The molecule has 2 fully saturated rings. The second kappa shape index (κ2) is 4.57. The molecular weight excluding hydrogens is 220 g/mol. The predicted octanol–water partition coefficient (Wildman–Crippen LogP) is 1.37. The molecule has 3 nitrogen and oxygen atoms in total. The first-order valence-electron chi connectivity index (χ1n) is 6.14. The molecule has 4 heteroatoms. The molecule has 0 bridgehead atoms. The highest BCUT2D eigenvalue weighted by Gasteiger charge is 2.37. The average molecular weight is 242 g/mol. The molecule has 0 aliphatic carbocycles. The Morgan fingerprint density at radius 1 is 1.56 bits per heavy atom. The van der Waals surface area contributed by atoms with Gasteiger partial charge in [-0.05, 0) is 37.5 Å². The third-order valence-corrected chi connectivity index (χ3v) is 5.43. The Bertz CT molecular complexity index is 280. The van der Waals surface area contributed by atoms with E-state index in [9.17, 15) is 4.79 Å². The van der Waals surface area contributed by atoms with Crippen LogP contribution in [0.4, 0.5) is 0 Å². The summed E-state index contributed by atoms with van der Waals surface area (Å²) in [4.78, 5) is 11.3. The molecule has 0 spiro atoms. The van der Waals surface area contributed by atoms with Crippen LogP contribution in [0.25, 0.3) is 0 Å². The van der Waals surface area contributed by atoms with Gasteiger partial charge in [0, 0.05) is 16.7 Å². The summed E-state index contributed by atoms with van der Waals surface area (Å²) in [6.45, 7) is 5.02. The zero-order chi connectivity index (χ0) is 11.8. The molecule has 3 N–H and O–H groups in total. The van der Waals surface area contributed by atoms with Crippen LogP contribution in [0.2, 0.25) is 0 Å². The van der Waals surface area contributed by atoms with Gasteiger partial charge in [0.25, 0.3) is 0 Å². The highest BCUT2D eigenvalue weighted by atomic mass is 32.2.